The van der Waals surface area contributed by atoms with Gasteiger partial charge < -0.3 is 10.3 Å². The predicted octanol–water partition coefficient (Wildman–Crippen LogP) is 3.22. The van der Waals surface area contributed by atoms with E-state index in [9.17, 15) is 4.79 Å². The van der Waals surface area contributed by atoms with E-state index < -0.39 is 0 Å². The zero-order chi connectivity index (χ0) is 13.5. The Morgan fingerprint density at radius 1 is 1.25 bits per heavy atom. The largest absolute Gasteiger partial charge is 0.357 e. The Hall–Kier alpha value is -1.77. The third-order valence-electron chi connectivity index (χ3n) is 5.11. The van der Waals surface area contributed by atoms with Crippen molar-refractivity contribution in [2.45, 2.75) is 32.2 Å². The van der Waals surface area contributed by atoms with E-state index in [-0.39, 0.29) is 11.8 Å². The Bertz CT molecular complexity index is 612. The molecule has 0 unspecified atom stereocenters. The summed E-state index contributed by atoms with van der Waals surface area (Å²) in [6.45, 7) is 0.612. The summed E-state index contributed by atoms with van der Waals surface area (Å²) < 4.78 is 0. The van der Waals surface area contributed by atoms with Gasteiger partial charge in [0, 0.05) is 17.1 Å². The first-order chi connectivity index (χ1) is 9.79. The number of nitrogens with one attached hydrogen (secondary N) is 2. The third-order valence-corrected chi connectivity index (χ3v) is 5.11. The molecular formula is C17H20N2O. The van der Waals surface area contributed by atoms with E-state index in [4.69, 9.17) is 0 Å². The highest BCUT2D eigenvalue weighted by atomic mass is 16.1. The second kappa shape index (κ2) is 4.65. The standard InChI is InChI=1S/C17H20N2O/c20-17(15-8-11-5-6-12(15)7-11)18-10-14-9-13-3-1-2-4-16(13)19-14/h1-4,9,11-12,15,19H,5-8,10H2,(H,18,20)/t11-,12-,15+/m0/s1. The molecule has 3 nitrogen and oxygen atoms in total. The third kappa shape index (κ3) is 2.01. The summed E-state index contributed by atoms with van der Waals surface area (Å²) >= 11 is 0. The molecule has 0 radical (unpaired) electrons. The lowest BCUT2D eigenvalue weighted by atomic mass is 9.88. The minimum absolute atomic E-state index is 0.260. The minimum atomic E-state index is 0.260. The van der Waals surface area contributed by atoms with Gasteiger partial charge in [0.15, 0.2) is 0 Å². The molecule has 2 aromatic rings. The number of benzene rings is 1. The van der Waals surface area contributed by atoms with Crippen molar-refractivity contribution in [1.82, 2.24) is 10.3 Å². The molecule has 2 bridgehead atoms. The molecule has 0 spiro atoms. The maximum Gasteiger partial charge on any atom is 0.223 e. The van der Waals surface area contributed by atoms with E-state index in [0.29, 0.717) is 12.5 Å². The van der Waals surface area contributed by atoms with Crippen LogP contribution in [0.2, 0.25) is 0 Å². The van der Waals surface area contributed by atoms with Gasteiger partial charge in [0.05, 0.1) is 6.54 Å². The number of carbonyl (C=O) groups excluding carboxylic acids is 1. The monoisotopic (exact) mass is 268 g/mol. The second-order valence-electron chi connectivity index (χ2n) is 6.38. The number of aromatic nitrogens is 1. The fourth-order valence-corrected chi connectivity index (χ4v) is 4.11. The second-order valence-corrected chi connectivity index (χ2v) is 6.38. The zero-order valence-corrected chi connectivity index (χ0v) is 11.6. The molecule has 4 rings (SSSR count). The molecule has 2 saturated carbocycles. The first-order valence-electron chi connectivity index (χ1n) is 7.64. The molecule has 2 aliphatic rings. The Labute approximate surface area is 118 Å². The highest BCUT2D eigenvalue weighted by Gasteiger charge is 2.42. The molecule has 2 aliphatic carbocycles. The molecule has 0 saturated heterocycles. The van der Waals surface area contributed by atoms with Crippen molar-refractivity contribution in [3.63, 3.8) is 0 Å². The molecular weight excluding hydrogens is 248 g/mol. The van der Waals surface area contributed by atoms with Gasteiger partial charge in [-0.2, -0.15) is 0 Å². The number of aromatic amines is 1. The summed E-state index contributed by atoms with van der Waals surface area (Å²) in [5.41, 5.74) is 2.22. The van der Waals surface area contributed by atoms with Crippen LogP contribution >= 0.6 is 0 Å². The van der Waals surface area contributed by atoms with Gasteiger partial charge >= 0.3 is 0 Å². The first-order valence-corrected chi connectivity index (χ1v) is 7.64. The zero-order valence-electron chi connectivity index (χ0n) is 11.6. The molecule has 1 aromatic heterocycles. The molecule has 104 valence electrons. The van der Waals surface area contributed by atoms with Gasteiger partial charge in [-0.15, -0.1) is 0 Å². The smallest absolute Gasteiger partial charge is 0.223 e. The van der Waals surface area contributed by atoms with Gasteiger partial charge in [-0.3, -0.25) is 4.79 Å². The summed E-state index contributed by atoms with van der Waals surface area (Å²) in [7, 11) is 0. The SMILES string of the molecule is O=C(NCc1cc2ccccc2[nH]1)[C@@H]1C[C@H]2CC[C@H]1C2. The van der Waals surface area contributed by atoms with E-state index in [1.54, 1.807) is 0 Å². The van der Waals surface area contributed by atoms with Crippen molar-refractivity contribution in [2.24, 2.45) is 17.8 Å². The molecule has 3 atom stereocenters. The van der Waals surface area contributed by atoms with Gasteiger partial charge in [0.25, 0.3) is 0 Å². The van der Waals surface area contributed by atoms with Gasteiger partial charge in [0.1, 0.15) is 0 Å². The lowest BCUT2D eigenvalue weighted by Crippen LogP contribution is -2.33. The van der Waals surface area contributed by atoms with E-state index in [1.165, 1.54) is 24.6 Å². The Morgan fingerprint density at radius 3 is 2.90 bits per heavy atom. The maximum absolute atomic E-state index is 12.3. The van der Waals surface area contributed by atoms with Crippen LogP contribution in [0.25, 0.3) is 10.9 Å². The van der Waals surface area contributed by atoms with Crippen molar-refractivity contribution < 1.29 is 4.79 Å². The summed E-state index contributed by atoms with van der Waals surface area (Å²) in [5, 5.41) is 4.32. The van der Waals surface area contributed by atoms with Gasteiger partial charge in [-0.05, 0) is 48.6 Å². The number of amides is 1. The van der Waals surface area contributed by atoms with Crippen LogP contribution in [0.15, 0.2) is 30.3 Å². The van der Waals surface area contributed by atoms with Crippen LogP contribution in [0.3, 0.4) is 0 Å². The fraction of sp³-hybridized carbons (Fsp3) is 0.471. The van der Waals surface area contributed by atoms with Crippen LogP contribution in [0.4, 0.5) is 0 Å². The van der Waals surface area contributed by atoms with Crippen LogP contribution < -0.4 is 5.32 Å². The van der Waals surface area contributed by atoms with E-state index in [2.05, 4.69) is 28.5 Å². The fourth-order valence-electron chi connectivity index (χ4n) is 4.11. The van der Waals surface area contributed by atoms with Crippen molar-refractivity contribution in [3.8, 4) is 0 Å². The van der Waals surface area contributed by atoms with Crippen LogP contribution in [0.5, 0.6) is 0 Å². The van der Waals surface area contributed by atoms with E-state index in [0.717, 1.165) is 23.5 Å². The number of hydrogen-bond donors (Lipinski definition) is 2. The van der Waals surface area contributed by atoms with Crippen molar-refractivity contribution in [1.29, 1.82) is 0 Å². The average molecular weight is 268 g/mol. The molecule has 3 heteroatoms. The highest BCUT2D eigenvalue weighted by molar-refractivity contribution is 5.81. The topological polar surface area (TPSA) is 44.9 Å². The molecule has 1 amide bonds. The number of rotatable bonds is 3. The predicted molar refractivity (Wildman–Crippen MR) is 79.1 cm³/mol. The molecule has 20 heavy (non-hydrogen) atoms. The summed E-state index contributed by atoms with van der Waals surface area (Å²) in [6, 6.07) is 10.3. The Kier molecular flexibility index (Phi) is 2.79. The summed E-state index contributed by atoms with van der Waals surface area (Å²) in [6.07, 6.45) is 5.00. The van der Waals surface area contributed by atoms with Gasteiger partial charge in [-0.1, -0.05) is 24.6 Å². The molecule has 1 heterocycles. The van der Waals surface area contributed by atoms with Crippen LogP contribution in [-0.4, -0.2) is 10.9 Å². The summed E-state index contributed by atoms with van der Waals surface area (Å²) in [5.74, 6) is 2.01. The van der Waals surface area contributed by atoms with Crippen molar-refractivity contribution in [3.05, 3.63) is 36.0 Å². The summed E-state index contributed by atoms with van der Waals surface area (Å²) in [4.78, 5) is 15.7. The maximum atomic E-state index is 12.3. The van der Waals surface area contributed by atoms with E-state index >= 15 is 0 Å². The van der Waals surface area contributed by atoms with Crippen LogP contribution in [-0.2, 0) is 11.3 Å². The Balaban J connectivity index is 1.41. The van der Waals surface area contributed by atoms with Crippen molar-refractivity contribution in [2.75, 3.05) is 0 Å². The molecule has 0 aliphatic heterocycles. The number of carbonyl (C=O) groups is 1. The minimum Gasteiger partial charge on any atom is -0.357 e. The number of H-pyrrole nitrogens is 1. The molecule has 2 N–H and O–H groups in total. The lowest BCUT2D eigenvalue weighted by Gasteiger charge is -2.20. The van der Waals surface area contributed by atoms with Gasteiger partial charge in [0.2, 0.25) is 5.91 Å². The van der Waals surface area contributed by atoms with E-state index in [1.807, 2.05) is 12.1 Å². The highest BCUT2D eigenvalue weighted by Crippen LogP contribution is 2.48. The number of fused-ring (bicyclic) bond motifs is 3. The molecule has 1 aromatic carbocycles. The Morgan fingerprint density at radius 2 is 2.15 bits per heavy atom. The molecule has 2 fully saturated rings. The normalized spacial score (nSPS) is 28.1. The lowest BCUT2D eigenvalue weighted by molar-refractivity contribution is -0.126. The van der Waals surface area contributed by atoms with Gasteiger partial charge in [-0.25, -0.2) is 0 Å². The number of hydrogen-bond acceptors (Lipinski definition) is 1. The van der Waals surface area contributed by atoms with Crippen molar-refractivity contribution >= 4 is 16.8 Å². The average Bonchev–Trinajstić information content (AvgIpc) is 3.18. The first kappa shape index (κ1) is 12.0. The quantitative estimate of drug-likeness (QED) is 0.882. The van der Waals surface area contributed by atoms with Crippen LogP contribution in [0.1, 0.15) is 31.4 Å². The number of para-hydroxylation sites is 1. The van der Waals surface area contributed by atoms with Crippen LogP contribution in [0, 0.1) is 17.8 Å².